The van der Waals surface area contributed by atoms with Gasteiger partial charge < -0.3 is 10.6 Å². The standard InChI is InChI=1S/C22H24N4O/c1-15(2)18-8-10-19(11-9-18)26-22(27)20-13-25-21(14-23-20)24-12-17-6-4-16(3)5-7-17/h4-11,13-15H,12H2,1-3H3,(H,24,25)(H,26,27). The Morgan fingerprint density at radius 2 is 1.67 bits per heavy atom. The minimum atomic E-state index is -0.273. The number of anilines is 2. The van der Waals surface area contributed by atoms with Gasteiger partial charge in [-0.15, -0.1) is 0 Å². The van der Waals surface area contributed by atoms with Gasteiger partial charge in [-0.1, -0.05) is 55.8 Å². The predicted octanol–water partition coefficient (Wildman–Crippen LogP) is 4.77. The third kappa shape index (κ3) is 5.14. The Hall–Kier alpha value is -3.21. The third-order valence-corrected chi connectivity index (χ3v) is 4.31. The molecule has 0 radical (unpaired) electrons. The SMILES string of the molecule is Cc1ccc(CNc2cnc(C(=O)Nc3ccc(C(C)C)cc3)cn2)cc1. The first kappa shape index (κ1) is 18.6. The molecule has 27 heavy (non-hydrogen) atoms. The van der Waals surface area contributed by atoms with Gasteiger partial charge in [-0.2, -0.15) is 0 Å². The van der Waals surface area contributed by atoms with Crippen LogP contribution in [-0.4, -0.2) is 15.9 Å². The Balaban J connectivity index is 1.57. The number of carbonyl (C=O) groups excluding carboxylic acids is 1. The monoisotopic (exact) mass is 360 g/mol. The van der Waals surface area contributed by atoms with Gasteiger partial charge in [-0.3, -0.25) is 4.79 Å². The lowest BCUT2D eigenvalue weighted by Crippen LogP contribution is -2.14. The first-order chi connectivity index (χ1) is 13.0. The van der Waals surface area contributed by atoms with Gasteiger partial charge in [0.2, 0.25) is 0 Å². The van der Waals surface area contributed by atoms with E-state index in [2.05, 4.69) is 65.6 Å². The second kappa shape index (κ2) is 8.45. The summed E-state index contributed by atoms with van der Waals surface area (Å²) in [5, 5.41) is 6.05. The molecule has 138 valence electrons. The summed E-state index contributed by atoms with van der Waals surface area (Å²) in [5.74, 6) is 0.818. The molecule has 1 aromatic heterocycles. The summed E-state index contributed by atoms with van der Waals surface area (Å²) in [6, 6.07) is 16.1. The zero-order valence-corrected chi connectivity index (χ0v) is 15.9. The van der Waals surface area contributed by atoms with E-state index in [1.807, 2.05) is 24.3 Å². The molecule has 0 fully saturated rings. The van der Waals surface area contributed by atoms with Crippen LogP contribution in [0.2, 0.25) is 0 Å². The average Bonchev–Trinajstić information content (AvgIpc) is 2.68. The molecule has 0 aliphatic rings. The van der Waals surface area contributed by atoms with Gasteiger partial charge in [-0.05, 0) is 36.1 Å². The van der Waals surface area contributed by atoms with E-state index in [4.69, 9.17) is 0 Å². The molecule has 5 heteroatoms. The smallest absolute Gasteiger partial charge is 0.275 e. The lowest BCUT2D eigenvalue weighted by atomic mass is 10.0. The molecule has 0 bridgehead atoms. The van der Waals surface area contributed by atoms with Gasteiger partial charge in [0.1, 0.15) is 11.5 Å². The van der Waals surface area contributed by atoms with Crippen LogP contribution in [0, 0.1) is 6.92 Å². The van der Waals surface area contributed by atoms with E-state index >= 15 is 0 Å². The number of benzene rings is 2. The maximum absolute atomic E-state index is 12.3. The minimum Gasteiger partial charge on any atom is -0.365 e. The molecule has 0 spiro atoms. The number of nitrogens with one attached hydrogen (secondary N) is 2. The molecule has 2 aromatic carbocycles. The molecule has 0 unspecified atom stereocenters. The highest BCUT2D eigenvalue weighted by molar-refractivity contribution is 6.02. The summed E-state index contributed by atoms with van der Waals surface area (Å²) in [6.07, 6.45) is 3.06. The highest BCUT2D eigenvalue weighted by atomic mass is 16.1. The number of hydrogen-bond acceptors (Lipinski definition) is 4. The molecular formula is C22H24N4O. The lowest BCUT2D eigenvalue weighted by Gasteiger charge is -2.09. The van der Waals surface area contributed by atoms with Crippen molar-refractivity contribution in [2.75, 3.05) is 10.6 Å². The van der Waals surface area contributed by atoms with Crippen molar-refractivity contribution in [3.8, 4) is 0 Å². The van der Waals surface area contributed by atoms with Crippen molar-refractivity contribution in [2.24, 2.45) is 0 Å². The highest BCUT2D eigenvalue weighted by Crippen LogP contribution is 2.17. The van der Waals surface area contributed by atoms with Crippen molar-refractivity contribution >= 4 is 17.4 Å². The number of amides is 1. The van der Waals surface area contributed by atoms with Gasteiger partial charge in [0.05, 0.1) is 12.4 Å². The molecular weight excluding hydrogens is 336 g/mol. The zero-order chi connectivity index (χ0) is 19.2. The highest BCUT2D eigenvalue weighted by Gasteiger charge is 2.09. The second-order valence-corrected chi connectivity index (χ2v) is 6.86. The van der Waals surface area contributed by atoms with Crippen LogP contribution in [0.4, 0.5) is 11.5 Å². The van der Waals surface area contributed by atoms with E-state index < -0.39 is 0 Å². The van der Waals surface area contributed by atoms with Crippen molar-refractivity contribution in [1.82, 2.24) is 9.97 Å². The summed E-state index contributed by atoms with van der Waals surface area (Å²) in [4.78, 5) is 20.8. The maximum Gasteiger partial charge on any atom is 0.275 e. The minimum absolute atomic E-state index is 0.273. The Morgan fingerprint density at radius 3 is 2.26 bits per heavy atom. The summed E-state index contributed by atoms with van der Waals surface area (Å²) >= 11 is 0. The molecule has 5 nitrogen and oxygen atoms in total. The molecule has 3 rings (SSSR count). The molecule has 0 saturated carbocycles. The Morgan fingerprint density at radius 1 is 0.963 bits per heavy atom. The summed E-state index contributed by atoms with van der Waals surface area (Å²) < 4.78 is 0. The maximum atomic E-state index is 12.3. The zero-order valence-electron chi connectivity index (χ0n) is 15.9. The van der Waals surface area contributed by atoms with Crippen LogP contribution >= 0.6 is 0 Å². The molecule has 0 aliphatic carbocycles. The van der Waals surface area contributed by atoms with E-state index in [-0.39, 0.29) is 11.6 Å². The fraction of sp³-hybridized carbons (Fsp3) is 0.227. The Bertz CT molecular complexity index is 885. The Labute approximate surface area is 159 Å². The average molecular weight is 360 g/mol. The molecule has 1 heterocycles. The van der Waals surface area contributed by atoms with Crippen LogP contribution in [-0.2, 0) is 6.54 Å². The fourth-order valence-electron chi connectivity index (χ4n) is 2.58. The van der Waals surface area contributed by atoms with E-state index in [0.717, 1.165) is 11.3 Å². The van der Waals surface area contributed by atoms with Crippen molar-refractivity contribution in [2.45, 2.75) is 33.2 Å². The molecule has 3 aromatic rings. The van der Waals surface area contributed by atoms with E-state index in [1.165, 1.54) is 17.3 Å². The number of nitrogens with zero attached hydrogens (tertiary/aromatic N) is 2. The van der Waals surface area contributed by atoms with Crippen LogP contribution < -0.4 is 10.6 Å². The third-order valence-electron chi connectivity index (χ3n) is 4.31. The first-order valence-electron chi connectivity index (χ1n) is 9.04. The second-order valence-electron chi connectivity index (χ2n) is 6.86. The van der Waals surface area contributed by atoms with Crippen molar-refractivity contribution < 1.29 is 4.79 Å². The van der Waals surface area contributed by atoms with Crippen molar-refractivity contribution in [3.05, 3.63) is 83.3 Å². The van der Waals surface area contributed by atoms with Gasteiger partial charge in [0.25, 0.3) is 5.91 Å². The largest absolute Gasteiger partial charge is 0.365 e. The van der Waals surface area contributed by atoms with Crippen molar-refractivity contribution in [1.29, 1.82) is 0 Å². The van der Waals surface area contributed by atoms with Crippen LogP contribution in [0.5, 0.6) is 0 Å². The van der Waals surface area contributed by atoms with E-state index in [9.17, 15) is 4.79 Å². The van der Waals surface area contributed by atoms with E-state index in [1.54, 1.807) is 6.20 Å². The Kier molecular flexibility index (Phi) is 5.81. The fourth-order valence-corrected chi connectivity index (χ4v) is 2.58. The van der Waals surface area contributed by atoms with Gasteiger partial charge in [0.15, 0.2) is 0 Å². The number of hydrogen-bond donors (Lipinski definition) is 2. The van der Waals surface area contributed by atoms with Crippen LogP contribution in [0.1, 0.15) is 46.9 Å². The summed E-state index contributed by atoms with van der Waals surface area (Å²) in [5.41, 5.74) is 4.65. The number of carbonyl (C=O) groups is 1. The summed E-state index contributed by atoms with van der Waals surface area (Å²) in [6.45, 7) is 6.99. The lowest BCUT2D eigenvalue weighted by molar-refractivity contribution is 0.102. The molecule has 0 saturated heterocycles. The molecule has 0 aliphatic heterocycles. The molecule has 2 N–H and O–H groups in total. The normalized spacial score (nSPS) is 10.7. The van der Waals surface area contributed by atoms with Gasteiger partial charge in [0, 0.05) is 12.2 Å². The van der Waals surface area contributed by atoms with Crippen LogP contribution in [0.3, 0.4) is 0 Å². The number of aromatic nitrogens is 2. The number of rotatable bonds is 6. The first-order valence-corrected chi connectivity index (χ1v) is 9.04. The van der Waals surface area contributed by atoms with Crippen LogP contribution in [0.25, 0.3) is 0 Å². The van der Waals surface area contributed by atoms with Crippen molar-refractivity contribution in [3.63, 3.8) is 0 Å². The van der Waals surface area contributed by atoms with Crippen LogP contribution in [0.15, 0.2) is 60.9 Å². The van der Waals surface area contributed by atoms with Gasteiger partial charge in [-0.25, -0.2) is 9.97 Å². The number of aryl methyl sites for hydroxylation is 1. The molecule has 0 atom stereocenters. The van der Waals surface area contributed by atoms with Gasteiger partial charge >= 0.3 is 0 Å². The summed E-state index contributed by atoms with van der Waals surface area (Å²) in [7, 11) is 0. The molecule has 1 amide bonds. The topological polar surface area (TPSA) is 66.9 Å². The predicted molar refractivity (Wildman–Crippen MR) is 109 cm³/mol. The quantitative estimate of drug-likeness (QED) is 0.664. The van der Waals surface area contributed by atoms with E-state index in [0.29, 0.717) is 18.3 Å².